The predicted octanol–water partition coefficient (Wildman–Crippen LogP) is 1.81. The Hall–Kier alpha value is -0.980. The Kier molecular flexibility index (Phi) is 3.20. The van der Waals surface area contributed by atoms with E-state index in [1.54, 1.807) is 6.92 Å². The maximum absolute atomic E-state index is 12.1. The summed E-state index contributed by atoms with van der Waals surface area (Å²) in [6.45, 7) is 1.22. The largest absolute Gasteiger partial charge is 0.411 e. The fourth-order valence-corrected chi connectivity index (χ4v) is 1.97. The predicted molar refractivity (Wildman–Crippen MR) is 53.3 cm³/mol. The maximum Gasteiger partial charge on any atom is 0.411 e. The molecule has 1 saturated carbocycles. The zero-order valence-electron chi connectivity index (χ0n) is 9.54. The van der Waals surface area contributed by atoms with Crippen molar-refractivity contribution in [3.05, 3.63) is 0 Å². The van der Waals surface area contributed by atoms with Crippen LogP contribution in [0, 0.1) is 0 Å². The van der Waals surface area contributed by atoms with Gasteiger partial charge in [-0.1, -0.05) is 0 Å². The van der Waals surface area contributed by atoms with Crippen LogP contribution in [0.1, 0.15) is 19.8 Å². The molecule has 7 heteroatoms. The van der Waals surface area contributed by atoms with Crippen LogP contribution in [-0.2, 0) is 4.74 Å². The minimum Gasteiger partial charge on any atom is -0.347 e. The van der Waals surface area contributed by atoms with E-state index < -0.39 is 19.0 Å². The number of hydrogen-bond acceptors (Lipinski definition) is 2. The SMILES string of the molecule is CCN1CC(OCC(F)(F)F)N(C2CC2)C1=O. The van der Waals surface area contributed by atoms with Crippen molar-refractivity contribution in [1.82, 2.24) is 9.80 Å². The molecule has 0 N–H and O–H groups in total. The number of hydrogen-bond donors (Lipinski definition) is 0. The lowest BCUT2D eigenvalue weighted by molar-refractivity contribution is -0.195. The molecule has 2 amide bonds. The van der Waals surface area contributed by atoms with Crippen LogP contribution in [0.3, 0.4) is 0 Å². The van der Waals surface area contributed by atoms with Gasteiger partial charge >= 0.3 is 12.2 Å². The summed E-state index contributed by atoms with van der Waals surface area (Å²) < 4.78 is 41.1. The minimum atomic E-state index is -4.35. The molecule has 0 aromatic carbocycles. The fourth-order valence-electron chi connectivity index (χ4n) is 1.97. The van der Waals surface area contributed by atoms with Crippen LogP contribution in [0.2, 0.25) is 0 Å². The Morgan fingerprint density at radius 3 is 2.53 bits per heavy atom. The van der Waals surface area contributed by atoms with Gasteiger partial charge in [-0.25, -0.2) is 4.79 Å². The Balaban J connectivity index is 1.97. The topological polar surface area (TPSA) is 32.8 Å². The van der Waals surface area contributed by atoms with Crippen molar-refractivity contribution in [2.24, 2.45) is 0 Å². The van der Waals surface area contributed by atoms with Gasteiger partial charge in [0.1, 0.15) is 6.61 Å². The smallest absolute Gasteiger partial charge is 0.347 e. The highest BCUT2D eigenvalue weighted by Gasteiger charge is 2.46. The van der Waals surface area contributed by atoms with Gasteiger partial charge in [0, 0.05) is 12.6 Å². The number of halogens is 3. The number of urea groups is 1. The van der Waals surface area contributed by atoms with Gasteiger partial charge in [0.25, 0.3) is 0 Å². The van der Waals surface area contributed by atoms with Gasteiger partial charge in [0.05, 0.1) is 6.54 Å². The van der Waals surface area contributed by atoms with Crippen LogP contribution in [-0.4, -0.2) is 54.0 Å². The molecular formula is C10H15F3N2O2. The van der Waals surface area contributed by atoms with Gasteiger partial charge in [0.2, 0.25) is 0 Å². The molecule has 17 heavy (non-hydrogen) atoms. The summed E-state index contributed by atoms with van der Waals surface area (Å²) in [5.74, 6) is 0. The van der Waals surface area contributed by atoms with E-state index in [1.807, 2.05) is 0 Å². The van der Waals surface area contributed by atoms with Crippen LogP contribution in [0.4, 0.5) is 18.0 Å². The summed E-state index contributed by atoms with van der Waals surface area (Å²) in [5, 5.41) is 0. The van der Waals surface area contributed by atoms with Crippen LogP contribution in [0.25, 0.3) is 0 Å². The molecule has 1 heterocycles. The number of alkyl halides is 3. The summed E-state index contributed by atoms with van der Waals surface area (Å²) >= 11 is 0. The lowest BCUT2D eigenvalue weighted by atomic mass is 10.5. The molecule has 1 atom stereocenters. The molecule has 1 aliphatic carbocycles. The summed E-state index contributed by atoms with van der Waals surface area (Å²) in [6.07, 6.45) is -3.39. The maximum atomic E-state index is 12.1. The number of carbonyl (C=O) groups is 1. The van der Waals surface area contributed by atoms with Crippen molar-refractivity contribution in [3.63, 3.8) is 0 Å². The third kappa shape index (κ3) is 2.83. The fraction of sp³-hybridized carbons (Fsp3) is 0.900. The second kappa shape index (κ2) is 4.36. The monoisotopic (exact) mass is 252 g/mol. The van der Waals surface area contributed by atoms with Gasteiger partial charge in [0.15, 0.2) is 6.23 Å². The number of rotatable bonds is 4. The standard InChI is InChI=1S/C10H15F3N2O2/c1-2-14-5-8(17-6-10(11,12)13)15(9(14)16)7-3-4-7/h7-8H,2-6H2,1H3. The number of carbonyl (C=O) groups excluding carboxylic acids is 1. The quantitative estimate of drug-likeness (QED) is 0.764. The van der Waals surface area contributed by atoms with E-state index in [1.165, 1.54) is 9.80 Å². The third-order valence-electron chi connectivity index (χ3n) is 2.94. The third-order valence-corrected chi connectivity index (χ3v) is 2.94. The van der Waals surface area contributed by atoms with Gasteiger partial charge in [-0.3, -0.25) is 4.90 Å². The summed E-state index contributed by atoms with van der Waals surface area (Å²) in [7, 11) is 0. The van der Waals surface area contributed by atoms with Gasteiger partial charge in [-0.2, -0.15) is 13.2 Å². The first-order valence-electron chi connectivity index (χ1n) is 5.68. The van der Waals surface area contributed by atoms with E-state index >= 15 is 0 Å². The normalized spacial score (nSPS) is 25.9. The molecule has 0 spiro atoms. The average Bonchev–Trinajstić information content (AvgIpc) is 3.00. The number of amides is 2. The number of nitrogens with zero attached hydrogens (tertiary/aromatic N) is 2. The lowest BCUT2D eigenvalue weighted by Gasteiger charge is -2.23. The summed E-state index contributed by atoms with van der Waals surface area (Å²) in [5.41, 5.74) is 0. The van der Waals surface area contributed by atoms with E-state index in [0.29, 0.717) is 6.54 Å². The highest BCUT2D eigenvalue weighted by Crippen LogP contribution is 2.33. The second-order valence-electron chi connectivity index (χ2n) is 4.34. The Morgan fingerprint density at radius 1 is 1.41 bits per heavy atom. The van der Waals surface area contributed by atoms with Crippen molar-refractivity contribution in [2.45, 2.75) is 38.2 Å². The first-order chi connectivity index (χ1) is 7.92. The highest BCUT2D eigenvalue weighted by molar-refractivity contribution is 5.77. The molecule has 1 saturated heterocycles. The van der Waals surface area contributed by atoms with Crippen molar-refractivity contribution in [2.75, 3.05) is 19.7 Å². The van der Waals surface area contributed by atoms with Crippen LogP contribution in [0.5, 0.6) is 0 Å². The second-order valence-corrected chi connectivity index (χ2v) is 4.34. The van der Waals surface area contributed by atoms with E-state index in [2.05, 4.69) is 0 Å². The van der Waals surface area contributed by atoms with Crippen molar-refractivity contribution in [1.29, 1.82) is 0 Å². The van der Waals surface area contributed by atoms with Crippen LogP contribution >= 0.6 is 0 Å². The first-order valence-corrected chi connectivity index (χ1v) is 5.68. The zero-order valence-corrected chi connectivity index (χ0v) is 9.54. The van der Waals surface area contributed by atoms with Gasteiger partial charge < -0.3 is 9.64 Å². The average molecular weight is 252 g/mol. The molecule has 2 fully saturated rings. The molecule has 2 rings (SSSR count). The zero-order chi connectivity index (χ0) is 12.6. The van der Waals surface area contributed by atoms with Gasteiger partial charge in [-0.15, -0.1) is 0 Å². The van der Waals surface area contributed by atoms with E-state index in [-0.39, 0.29) is 18.6 Å². The Labute approximate surface area is 97.3 Å². The number of likely N-dealkylation sites (N-methyl/N-ethyl adjacent to an activating group) is 1. The van der Waals surface area contributed by atoms with Crippen molar-refractivity contribution in [3.8, 4) is 0 Å². The molecule has 0 aromatic rings. The van der Waals surface area contributed by atoms with E-state index in [4.69, 9.17) is 4.74 Å². The molecular weight excluding hydrogens is 237 g/mol. The molecule has 4 nitrogen and oxygen atoms in total. The molecule has 0 bridgehead atoms. The van der Waals surface area contributed by atoms with Crippen molar-refractivity contribution >= 4 is 6.03 Å². The van der Waals surface area contributed by atoms with Crippen LogP contribution in [0.15, 0.2) is 0 Å². The van der Waals surface area contributed by atoms with Crippen molar-refractivity contribution < 1.29 is 22.7 Å². The molecule has 2 aliphatic rings. The minimum absolute atomic E-state index is 0.0669. The van der Waals surface area contributed by atoms with Gasteiger partial charge in [-0.05, 0) is 19.8 Å². The number of ether oxygens (including phenoxy) is 1. The molecule has 0 radical (unpaired) electrons. The highest BCUT2D eigenvalue weighted by atomic mass is 19.4. The summed E-state index contributed by atoms with van der Waals surface area (Å²) in [6, 6.07) is -0.139. The summed E-state index contributed by atoms with van der Waals surface area (Å²) in [4.78, 5) is 14.8. The Morgan fingerprint density at radius 2 is 2.06 bits per heavy atom. The Bertz CT molecular complexity index is 304. The van der Waals surface area contributed by atoms with Crippen LogP contribution < -0.4 is 0 Å². The van der Waals surface area contributed by atoms with E-state index in [9.17, 15) is 18.0 Å². The molecule has 1 aliphatic heterocycles. The van der Waals surface area contributed by atoms with E-state index in [0.717, 1.165) is 12.8 Å². The molecule has 0 aromatic heterocycles. The molecule has 98 valence electrons. The lowest BCUT2D eigenvalue weighted by Crippen LogP contribution is -2.39. The molecule has 1 unspecified atom stereocenters. The first kappa shape index (κ1) is 12.5.